The molecule has 0 aliphatic heterocycles. The Morgan fingerprint density at radius 2 is 1.70 bits per heavy atom. The number of hydrogen-bond acceptors (Lipinski definition) is 1. The summed E-state index contributed by atoms with van der Waals surface area (Å²) < 4.78 is 0. The summed E-state index contributed by atoms with van der Waals surface area (Å²) in [5.74, 6) is 0. The third kappa shape index (κ3) is 3.55. The van der Waals surface area contributed by atoms with Crippen LogP contribution in [0.15, 0.2) is 0 Å². The molecule has 0 aromatic carbocycles. The number of hydrogen-bond donors (Lipinski definition) is 0. The monoisotopic (exact) mass is 216 g/mol. The first-order chi connectivity index (χ1) is 3.77. The van der Waals surface area contributed by atoms with Crippen LogP contribution >= 0.6 is 0 Å². The molecule has 1 fully saturated rings. The average Bonchev–Trinajstić information content (AvgIpc) is 2.17. The Labute approximate surface area is 89.5 Å². The van der Waals surface area contributed by atoms with Crippen LogP contribution in [0, 0.1) is 0 Å². The smallest absolute Gasteiger partial charge is 1.00 e. The van der Waals surface area contributed by atoms with E-state index in [1.165, 1.54) is 0 Å². The van der Waals surface area contributed by atoms with Gasteiger partial charge >= 0.3 is 23.1 Å². The van der Waals surface area contributed by atoms with Gasteiger partial charge < -0.3 is 22.1 Å². The van der Waals surface area contributed by atoms with Crippen molar-refractivity contribution in [1.82, 2.24) is 0 Å². The second kappa shape index (κ2) is 5.81. The predicted octanol–water partition coefficient (Wildman–Crippen LogP) is -2.31. The second-order valence-electron chi connectivity index (χ2n) is 2.74. The van der Waals surface area contributed by atoms with Crippen molar-refractivity contribution < 1.29 is 22.1 Å². The van der Waals surface area contributed by atoms with Crippen LogP contribution in [0.4, 0.5) is 0 Å². The topological polar surface area (TPSA) is 23.1 Å². The van der Waals surface area contributed by atoms with E-state index in [1.54, 1.807) is 0 Å². The van der Waals surface area contributed by atoms with Crippen molar-refractivity contribution >= 4 is 23.1 Å². The number of rotatable bonds is 1. The summed E-state index contributed by atoms with van der Waals surface area (Å²) in [5, 5.41) is 11.3. The fraction of sp³-hybridized carbons (Fsp3) is 1.00. The van der Waals surface area contributed by atoms with Crippen molar-refractivity contribution in [2.24, 2.45) is 0 Å². The van der Waals surface area contributed by atoms with Crippen molar-refractivity contribution in [3.05, 3.63) is 0 Å². The van der Waals surface area contributed by atoms with Gasteiger partial charge in [-0.1, -0.05) is 39.0 Å². The van der Waals surface area contributed by atoms with Gasteiger partial charge in [0.15, 0.2) is 0 Å². The Morgan fingerprint density at radius 1 is 1.30 bits per heavy atom. The molecule has 56 valence electrons. The summed E-state index contributed by atoms with van der Waals surface area (Å²) >= 11 is 0. The molecule has 0 aromatic heterocycles. The van der Waals surface area contributed by atoms with Crippen LogP contribution in [0.1, 0.15) is 39.0 Å². The van der Waals surface area contributed by atoms with Gasteiger partial charge in [-0.2, -0.15) is 0 Å². The predicted molar refractivity (Wildman–Crippen MR) is 37.2 cm³/mol. The van der Waals surface area contributed by atoms with Gasteiger partial charge in [0.05, 0.1) is 0 Å². The average molecular weight is 217 g/mol. The fourth-order valence-corrected chi connectivity index (χ4v) is 1.37. The molecule has 0 atom stereocenters. The Morgan fingerprint density at radius 3 is 1.90 bits per heavy atom. The minimum absolute atomic E-state index is 0. The minimum Gasteiger partial charge on any atom is -1.00 e. The first-order valence-corrected chi connectivity index (χ1v) is 3.47. The van der Waals surface area contributed by atoms with Crippen LogP contribution in [0.3, 0.4) is 0 Å². The molecular formula is C7H13BrMgO. The van der Waals surface area contributed by atoms with Crippen LogP contribution < -0.4 is 22.1 Å². The maximum Gasteiger partial charge on any atom is 2.00 e. The fourth-order valence-electron chi connectivity index (χ4n) is 1.37. The SMILES string of the molecule is CCC1([O-])CCCC1.[Br-].[Mg+2]. The van der Waals surface area contributed by atoms with E-state index in [1.807, 2.05) is 6.92 Å². The Kier molecular flexibility index (Phi) is 8.00. The quantitative estimate of drug-likeness (QED) is 0.453. The third-order valence-electron chi connectivity index (χ3n) is 2.16. The van der Waals surface area contributed by atoms with E-state index < -0.39 is 5.60 Å². The largest absolute Gasteiger partial charge is 2.00 e. The van der Waals surface area contributed by atoms with E-state index in [4.69, 9.17) is 0 Å². The van der Waals surface area contributed by atoms with Crippen LogP contribution in [0.25, 0.3) is 0 Å². The summed E-state index contributed by atoms with van der Waals surface area (Å²) in [6, 6.07) is 0. The molecule has 1 saturated carbocycles. The van der Waals surface area contributed by atoms with E-state index in [9.17, 15) is 5.11 Å². The minimum atomic E-state index is -0.514. The van der Waals surface area contributed by atoms with Crippen molar-refractivity contribution in [2.45, 2.75) is 44.6 Å². The second-order valence-corrected chi connectivity index (χ2v) is 2.74. The molecule has 1 aliphatic rings. The molecule has 1 rings (SSSR count). The summed E-state index contributed by atoms with van der Waals surface area (Å²) in [6.45, 7) is 2.00. The van der Waals surface area contributed by atoms with E-state index in [0.29, 0.717) is 0 Å². The van der Waals surface area contributed by atoms with E-state index in [-0.39, 0.29) is 40.0 Å². The van der Waals surface area contributed by atoms with Crippen LogP contribution in [-0.2, 0) is 0 Å². The summed E-state index contributed by atoms with van der Waals surface area (Å²) in [5.41, 5.74) is -0.514. The Bertz CT molecular complexity index is 81.7. The van der Waals surface area contributed by atoms with Crippen LogP contribution in [-0.4, -0.2) is 28.7 Å². The third-order valence-corrected chi connectivity index (χ3v) is 2.16. The summed E-state index contributed by atoms with van der Waals surface area (Å²) in [7, 11) is 0. The normalized spacial score (nSPS) is 21.0. The van der Waals surface area contributed by atoms with Crippen molar-refractivity contribution in [1.29, 1.82) is 0 Å². The molecule has 10 heavy (non-hydrogen) atoms. The van der Waals surface area contributed by atoms with Gasteiger partial charge in [0, 0.05) is 0 Å². The van der Waals surface area contributed by atoms with Crippen molar-refractivity contribution in [3.63, 3.8) is 0 Å². The molecule has 0 saturated heterocycles. The zero-order valence-corrected chi connectivity index (χ0v) is 9.53. The molecule has 0 spiro atoms. The summed E-state index contributed by atoms with van der Waals surface area (Å²) in [4.78, 5) is 0. The molecule has 1 nitrogen and oxygen atoms in total. The van der Waals surface area contributed by atoms with Gasteiger partial charge in [-0.25, -0.2) is 0 Å². The van der Waals surface area contributed by atoms with Crippen molar-refractivity contribution in [3.8, 4) is 0 Å². The summed E-state index contributed by atoms with van der Waals surface area (Å²) in [6.07, 6.45) is 4.99. The Hall–Kier alpha value is 1.21. The zero-order valence-electron chi connectivity index (χ0n) is 6.53. The zero-order chi connectivity index (χ0) is 6.04. The van der Waals surface area contributed by atoms with Gasteiger partial charge in [0.1, 0.15) is 0 Å². The molecular weight excluding hydrogens is 204 g/mol. The molecule has 0 aromatic rings. The van der Waals surface area contributed by atoms with Gasteiger partial charge in [-0.3, -0.25) is 0 Å². The van der Waals surface area contributed by atoms with E-state index in [2.05, 4.69) is 0 Å². The number of halogens is 1. The van der Waals surface area contributed by atoms with Crippen molar-refractivity contribution in [2.75, 3.05) is 0 Å². The molecule has 0 bridgehead atoms. The first kappa shape index (κ1) is 13.8. The molecule has 0 heterocycles. The molecule has 0 N–H and O–H groups in total. The van der Waals surface area contributed by atoms with Gasteiger partial charge in [0.2, 0.25) is 0 Å². The maximum absolute atomic E-state index is 11.3. The molecule has 1 aliphatic carbocycles. The van der Waals surface area contributed by atoms with Gasteiger partial charge in [0.25, 0.3) is 0 Å². The van der Waals surface area contributed by atoms with E-state index >= 15 is 0 Å². The van der Waals surface area contributed by atoms with Crippen LogP contribution in [0.5, 0.6) is 0 Å². The van der Waals surface area contributed by atoms with Gasteiger partial charge in [-0.05, 0) is 0 Å². The maximum atomic E-state index is 11.3. The molecule has 0 unspecified atom stereocenters. The molecule has 3 heteroatoms. The first-order valence-electron chi connectivity index (χ1n) is 3.47. The molecule has 0 amide bonds. The van der Waals surface area contributed by atoms with Gasteiger partial charge in [-0.15, -0.1) is 5.60 Å². The Balaban J connectivity index is 0. The van der Waals surface area contributed by atoms with Crippen LogP contribution in [0.2, 0.25) is 0 Å². The van der Waals surface area contributed by atoms with E-state index in [0.717, 1.165) is 32.1 Å². The molecule has 0 radical (unpaired) electrons. The standard InChI is InChI=1S/C7H13O.BrH.Mg/c1-2-7(8)5-3-4-6-7;;/h2-6H2,1H3;1H;/q-1;;+2/p-1.